The first-order chi connectivity index (χ1) is 9.09. The fraction of sp³-hybridized carbons (Fsp3) is 0.625. The molecule has 0 unspecified atom stereocenters. The van der Waals surface area contributed by atoms with Crippen LogP contribution in [0.2, 0.25) is 0 Å². The topological polar surface area (TPSA) is 20.2 Å². The highest BCUT2D eigenvalue weighted by Crippen LogP contribution is 2.62. The highest BCUT2D eigenvalue weighted by molar-refractivity contribution is 9.10. The highest BCUT2D eigenvalue weighted by Gasteiger charge is 2.58. The molecule has 4 fully saturated rings. The van der Waals surface area contributed by atoms with Crippen molar-refractivity contribution in [2.24, 2.45) is 23.7 Å². The summed E-state index contributed by atoms with van der Waals surface area (Å²) in [6.07, 6.45) is 5.65. The molecule has 1 nitrogen and oxygen atoms in total. The first-order valence-electron chi connectivity index (χ1n) is 7.26. The van der Waals surface area contributed by atoms with Crippen LogP contribution in [-0.4, -0.2) is 5.11 Å². The minimum absolute atomic E-state index is 0.257. The number of hydrogen-bond acceptors (Lipinski definition) is 1. The van der Waals surface area contributed by atoms with Gasteiger partial charge in [0.15, 0.2) is 0 Å². The van der Waals surface area contributed by atoms with Gasteiger partial charge in [0.05, 0.1) is 10.1 Å². The standard InChI is InChI=1S/C16H18BrFO/c17-14-3-1-2-13(15(14)18)16(19)11-5-9-4-10(7-11)8-12(16)6-9/h1-3,9-12,19H,4-8H2. The largest absolute Gasteiger partial charge is 0.384 e. The fourth-order valence-electron chi connectivity index (χ4n) is 5.16. The van der Waals surface area contributed by atoms with Crippen molar-refractivity contribution in [1.82, 2.24) is 0 Å². The molecule has 0 heterocycles. The smallest absolute Gasteiger partial charge is 0.143 e. The maximum Gasteiger partial charge on any atom is 0.143 e. The molecular formula is C16H18BrFO. The van der Waals surface area contributed by atoms with Gasteiger partial charge < -0.3 is 5.11 Å². The van der Waals surface area contributed by atoms with Crippen LogP contribution in [0.25, 0.3) is 0 Å². The van der Waals surface area contributed by atoms with Gasteiger partial charge >= 0.3 is 0 Å². The molecule has 4 saturated carbocycles. The maximum absolute atomic E-state index is 14.4. The Morgan fingerprint density at radius 1 is 1.05 bits per heavy atom. The first kappa shape index (κ1) is 12.3. The van der Waals surface area contributed by atoms with E-state index in [2.05, 4.69) is 15.9 Å². The molecule has 102 valence electrons. The molecule has 1 aromatic carbocycles. The van der Waals surface area contributed by atoms with E-state index >= 15 is 0 Å². The average Bonchev–Trinajstić information content (AvgIpc) is 2.38. The third-order valence-corrected chi connectivity index (χ3v) is 6.38. The molecule has 0 saturated heterocycles. The summed E-state index contributed by atoms with van der Waals surface area (Å²) in [5, 5.41) is 11.3. The van der Waals surface area contributed by atoms with Crippen LogP contribution in [0.1, 0.15) is 37.7 Å². The Labute approximate surface area is 121 Å². The maximum atomic E-state index is 14.4. The SMILES string of the molecule is OC1(c2cccc(Br)c2F)C2CC3CC(C2)CC1C3. The zero-order valence-corrected chi connectivity index (χ0v) is 12.4. The van der Waals surface area contributed by atoms with Crippen LogP contribution in [0.3, 0.4) is 0 Å². The molecule has 0 spiro atoms. The summed E-state index contributed by atoms with van der Waals surface area (Å²) in [6, 6.07) is 5.33. The van der Waals surface area contributed by atoms with E-state index < -0.39 is 5.60 Å². The summed E-state index contributed by atoms with van der Waals surface area (Å²) < 4.78 is 14.9. The molecule has 0 aromatic heterocycles. The normalized spacial score (nSPS) is 43.7. The van der Waals surface area contributed by atoms with Crippen molar-refractivity contribution in [2.75, 3.05) is 0 Å². The Hall–Kier alpha value is -0.410. The molecule has 0 radical (unpaired) electrons. The van der Waals surface area contributed by atoms with Gasteiger partial charge in [-0.25, -0.2) is 4.39 Å². The van der Waals surface area contributed by atoms with E-state index in [0.717, 1.165) is 37.5 Å². The van der Waals surface area contributed by atoms with Crippen molar-refractivity contribution in [3.63, 3.8) is 0 Å². The molecule has 4 bridgehead atoms. The van der Waals surface area contributed by atoms with Crippen LogP contribution in [0.4, 0.5) is 4.39 Å². The molecular weight excluding hydrogens is 307 g/mol. The van der Waals surface area contributed by atoms with Crippen molar-refractivity contribution >= 4 is 15.9 Å². The van der Waals surface area contributed by atoms with Gasteiger partial charge in [-0.2, -0.15) is 0 Å². The van der Waals surface area contributed by atoms with Crippen LogP contribution in [0, 0.1) is 29.5 Å². The molecule has 5 rings (SSSR count). The first-order valence-corrected chi connectivity index (χ1v) is 8.05. The van der Waals surface area contributed by atoms with E-state index in [-0.39, 0.29) is 17.7 Å². The fourth-order valence-corrected chi connectivity index (χ4v) is 5.52. The summed E-state index contributed by atoms with van der Waals surface area (Å²) in [6.45, 7) is 0. The average molecular weight is 325 g/mol. The van der Waals surface area contributed by atoms with E-state index in [0.29, 0.717) is 10.0 Å². The lowest BCUT2D eigenvalue weighted by Gasteiger charge is -2.59. The molecule has 3 heteroatoms. The Morgan fingerprint density at radius 3 is 2.21 bits per heavy atom. The zero-order valence-electron chi connectivity index (χ0n) is 10.8. The monoisotopic (exact) mass is 324 g/mol. The lowest BCUT2D eigenvalue weighted by Crippen LogP contribution is -2.55. The number of rotatable bonds is 1. The number of aliphatic hydroxyl groups is 1. The van der Waals surface area contributed by atoms with Gasteiger partial charge in [-0.15, -0.1) is 0 Å². The van der Waals surface area contributed by atoms with Gasteiger partial charge in [-0.05, 0) is 77.8 Å². The second-order valence-corrected chi connectivity index (χ2v) is 7.59. The Bertz CT molecular complexity index is 499. The third-order valence-electron chi connectivity index (χ3n) is 5.77. The zero-order chi connectivity index (χ0) is 13.2. The van der Waals surface area contributed by atoms with Crippen LogP contribution in [0.5, 0.6) is 0 Å². The van der Waals surface area contributed by atoms with Gasteiger partial charge in [-0.1, -0.05) is 12.1 Å². The molecule has 1 aromatic rings. The van der Waals surface area contributed by atoms with Crippen molar-refractivity contribution in [1.29, 1.82) is 0 Å². The van der Waals surface area contributed by atoms with E-state index in [1.54, 1.807) is 12.1 Å². The Balaban J connectivity index is 1.83. The summed E-state index contributed by atoms with van der Waals surface area (Å²) in [5.41, 5.74) is -0.406. The van der Waals surface area contributed by atoms with Crippen LogP contribution < -0.4 is 0 Å². The molecule has 19 heavy (non-hydrogen) atoms. The molecule has 4 aliphatic carbocycles. The summed E-state index contributed by atoms with van der Waals surface area (Å²) in [4.78, 5) is 0. The predicted molar refractivity (Wildman–Crippen MR) is 75.0 cm³/mol. The Morgan fingerprint density at radius 2 is 1.63 bits per heavy atom. The van der Waals surface area contributed by atoms with E-state index in [9.17, 15) is 9.50 Å². The van der Waals surface area contributed by atoms with Gasteiger partial charge in [0, 0.05) is 5.56 Å². The molecule has 0 amide bonds. The molecule has 0 aliphatic heterocycles. The molecule has 1 N–H and O–H groups in total. The number of halogens is 2. The van der Waals surface area contributed by atoms with Crippen LogP contribution in [-0.2, 0) is 5.60 Å². The van der Waals surface area contributed by atoms with Crippen LogP contribution in [0.15, 0.2) is 22.7 Å². The van der Waals surface area contributed by atoms with Crippen LogP contribution >= 0.6 is 15.9 Å². The van der Waals surface area contributed by atoms with Crippen molar-refractivity contribution in [3.05, 3.63) is 34.1 Å². The summed E-state index contributed by atoms with van der Waals surface area (Å²) in [5.74, 6) is 1.80. The quantitative estimate of drug-likeness (QED) is 0.819. The predicted octanol–water partition coefficient (Wildman–Crippen LogP) is 4.23. The minimum atomic E-state index is -0.929. The molecule has 4 aliphatic rings. The molecule has 0 atom stereocenters. The summed E-state index contributed by atoms with van der Waals surface area (Å²) in [7, 11) is 0. The van der Waals surface area contributed by atoms with E-state index in [1.807, 2.05) is 6.07 Å². The van der Waals surface area contributed by atoms with Gasteiger partial charge in [0.1, 0.15) is 5.82 Å². The van der Waals surface area contributed by atoms with Gasteiger partial charge in [0.2, 0.25) is 0 Å². The summed E-state index contributed by atoms with van der Waals surface area (Å²) >= 11 is 3.25. The van der Waals surface area contributed by atoms with Crippen molar-refractivity contribution in [3.8, 4) is 0 Å². The van der Waals surface area contributed by atoms with Gasteiger partial charge in [0.25, 0.3) is 0 Å². The minimum Gasteiger partial charge on any atom is -0.384 e. The van der Waals surface area contributed by atoms with E-state index in [4.69, 9.17) is 0 Å². The third kappa shape index (κ3) is 1.61. The Kier molecular flexibility index (Phi) is 2.63. The lowest BCUT2D eigenvalue weighted by atomic mass is 9.48. The number of benzene rings is 1. The second-order valence-electron chi connectivity index (χ2n) is 6.73. The van der Waals surface area contributed by atoms with Gasteiger partial charge in [-0.3, -0.25) is 0 Å². The van der Waals surface area contributed by atoms with Crippen molar-refractivity contribution in [2.45, 2.75) is 37.7 Å². The second kappa shape index (κ2) is 4.05. The lowest BCUT2D eigenvalue weighted by molar-refractivity contribution is -0.181. The van der Waals surface area contributed by atoms with Crippen molar-refractivity contribution < 1.29 is 9.50 Å². The number of hydrogen-bond donors (Lipinski definition) is 1. The van der Waals surface area contributed by atoms with E-state index in [1.165, 1.54) is 6.42 Å². The highest BCUT2D eigenvalue weighted by atomic mass is 79.9.